The van der Waals surface area contributed by atoms with Crippen molar-refractivity contribution in [2.45, 2.75) is 36.2 Å². The van der Waals surface area contributed by atoms with Gasteiger partial charge in [0.1, 0.15) is 11.8 Å². The number of hydrogen-bond donors (Lipinski definition) is 0. The SMILES string of the molecule is CN1C(C(=O)N2CCOCC2)C2=C(c3ccc(OC(F)(F)F)cc3S(=O)(=O)C2)N1C1CCCN(CCCl)C1. The van der Waals surface area contributed by atoms with E-state index in [0.29, 0.717) is 56.5 Å². The van der Waals surface area contributed by atoms with Gasteiger partial charge in [-0.25, -0.2) is 13.4 Å². The molecule has 0 aromatic heterocycles. The average molecular weight is 579 g/mol. The number of carbonyl (C=O) groups excluding carboxylic acids is 1. The number of alkyl halides is 4. The largest absolute Gasteiger partial charge is 0.573 e. The Bertz CT molecular complexity index is 1220. The highest BCUT2D eigenvalue weighted by Crippen LogP contribution is 2.46. The molecule has 2 fully saturated rings. The van der Waals surface area contributed by atoms with E-state index in [1.807, 2.05) is 10.0 Å². The molecule has 2 atom stereocenters. The number of rotatable bonds is 5. The number of amides is 1. The van der Waals surface area contributed by atoms with E-state index in [1.54, 1.807) is 11.9 Å². The first-order chi connectivity index (χ1) is 18.0. The highest BCUT2D eigenvalue weighted by Gasteiger charge is 2.50. The first-order valence-electron chi connectivity index (χ1n) is 12.5. The molecule has 0 N–H and O–H groups in total. The second-order valence-corrected chi connectivity index (χ2v) is 12.2. The molecular weight excluding hydrogens is 549 g/mol. The zero-order valence-corrected chi connectivity index (χ0v) is 22.5. The maximum atomic E-state index is 13.8. The van der Waals surface area contributed by atoms with Crippen molar-refractivity contribution >= 4 is 33.0 Å². The molecule has 2 unspecified atom stereocenters. The Morgan fingerprint density at radius 3 is 2.63 bits per heavy atom. The third-order valence-electron chi connectivity index (χ3n) is 7.48. The number of fused-ring (bicyclic) bond motifs is 2. The lowest BCUT2D eigenvalue weighted by atomic mass is 9.99. The number of morpholine rings is 1. The molecule has 0 bridgehead atoms. The summed E-state index contributed by atoms with van der Waals surface area (Å²) in [6, 6.07) is 2.47. The van der Waals surface area contributed by atoms with Gasteiger partial charge in [0.15, 0.2) is 9.84 Å². The second-order valence-electron chi connectivity index (χ2n) is 9.88. The van der Waals surface area contributed by atoms with Crippen molar-refractivity contribution < 1.29 is 35.9 Å². The first-order valence-corrected chi connectivity index (χ1v) is 14.7. The van der Waals surface area contributed by atoms with E-state index in [9.17, 15) is 26.4 Å². The molecule has 2 saturated heterocycles. The molecule has 38 heavy (non-hydrogen) atoms. The van der Waals surface area contributed by atoms with Crippen molar-refractivity contribution in [2.75, 3.05) is 64.6 Å². The summed E-state index contributed by atoms with van der Waals surface area (Å²) in [5.41, 5.74) is 1.29. The van der Waals surface area contributed by atoms with Crippen LogP contribution in [-0.2, 0) is 19.4 Å². The van der Waals surface area contributed by atoms with Crippen molar-refractivity contribution in [3.8, 4) is 5.75 Å². The lowest BCUT2D eigenvalue weighted by Crippen LogP contribution is -2.56. The van der Waals surface area contributed by atoms with Crippen LogP contribution in [0.1, 0.15) is 18.4 Å². The van der Waals surface area contributed by atoms with Gasteiger partial charge in [0.25, 0.3) is 0 Å². The number of piperidine rings is 1. The van der Waals surface area contributed by atoms with Crippen LogP contribution in [0.3, 0.4) is 0 Å². The summed E-state index contributed by atoms with van der Waals surface area (Å²) in [4.78, 5) is 17.5. The van der Waals surface area contributed by atoms with Gasteiger partial charge in [0, 0.05) is 44.7 Å². The number of hydrazine groups is 1. The van der Waals surface area contributed by atoms with Crippen molar-refractivity contribution in [1.29, 1.82) is 0 Å². The Morgan fingerprint density at radius 2 is 1.95 bits per heavy atom. The molecule has 4 heterocycles. The minimum atomic E-state index is -4.96. The van der Waals surface area contributed by atoms with Gasteiger partial charge in [-0.05, 0) is 43.2 Å². The summed E-state index contributed by atoms with van der Waals surface area (Å²) in [6.45, 7) is 3.84. The maximum absolute atomic E-state index is 13.8. The molecule has 1 aromatic carbocycles. The van der Waals surface area contributed by atoms with Crippen LogP contribution in [0.25, 0.3) is 5.70 Å². The molecule has 14 heteroatoms. The van der Waals surface area contributed by atoms with E-state index >= 15 is 0 Å². The van der Waals surface area contributed by atoms with Gasteiger partial charge in [-0.1, -0.05) is 0 Å². The van der Waals surface area contributed by atoms with E-state index in [-0.39, 0.29) is 22.4 Å². The molecule has 0 radical (unpaired) electrons. The van der Waals surface area contributed by atoms with Gasteiger partial charge in [-0.2, -0.15) is 0 Å². The van der Waals surface area contributed by atoms with Crippen LogP contribution in [0.2, 0.25) is 0 Å². The van der Waals surface area contributed by atoms with E-state index in [1.165, 1.54) is 6.07 Å². The van der Waals surface area contributed by atoms with Gasteiger partial charge < -0.3 is 19.3 Å². The molecule has 9 nitrogen and oxygen atoms in total. The molecule has 4 aliphatic rings. The first kappa shape index (κ1) is 27.5. The Hall–Kier alpha value is -2.06. The zero-order chi connectivity index (χ0) is 27.2. The zero-order valence-electron chi connectivity index (χ0n) is 20.9. The number of halogens is 4. The lowest BCUT2D eigenvalue weighted by Gasteiger charge is -2.44. The summed E-state index contributed by atoms with van der Waals surface area (Å²) in [6.07, 6.45) is -3.27. The molecule has 5 rings (SSSR count). The van der Waals surface area contributed by atoms with Gasteiger partial charge in [-0.3, -0.25) is 9.80 Å². The monoisotopic (exact) mass is 578 g/mol. The van der Waals surface area contributed by atoms with Gasteiger partial charge in [0.2, 0.25) is 5.91 Å². The predicted octanol–water partition coefficient (Wildman–Crippen LogP) is 2.18. The number of likely N-dealkylation sites (N-methyl/N-ethyl adjacent to an activating group) is 1. The third kappa shape index (κ3) is 5.23. The van der Waals surface area contributed by atoms with Crippen molar-refractivity contribution in [2.24, 2.45) is 0 Å². The number of carbonyl (C=O) groups is 1. The van der Waals surface area contributed by atoms with E-state index in [4.69, 9.17) is 16.3 Å². The fraction of sp³-hybridized carbons (Fsp3) is 0.625. The van der Waals surface area contributed by atoms with Crippen LogP contribution < -0.4 is 4.74 Å². The highest BCUT2D eigenvalue weighted by atomic mass is 35.5. The lowest BCUT2D eigenvalue weighted by molar-refractivity contribution is -0.274. The standard InChI is InChI=1S/C24H30ClF3N4O5S/c1-29-22(23(33)31-9-11-36-12-10-31)19-15-38(34,35)20-13-17(37-24(26,27)28)4-5-18(20)21(19)32(29)16-3-2-7-30(14-16)8-6-25/h4-5,13,16,22H,2-3,6-12,14-15H2,1H3. The van der Waals surface area contributed by atoms with Crippen LogP contribution in [0.5, 0.6) is 5.75 Å². The minimum Gasteiger partial charge on any atom is -0.406 e. The molecule has 210 valence electrons. The Kier molecular flexibility index (Phi) is 7.59. The molecule has 4 aliphatic heterocycles. The average Bonchev–Trinajstić information content (AvgIpc) is 3.14. The Balaban J connectivity index is 1.60. The molecular formula is C24H30ClF3N4O5S. The van der Waals surface area contributed by atoms with E-state index < -0.39 is 33.7 Å². The number of benzene rings is 1. The fourth-order valence-electron chi connectivity index (χ4n) is 5.92. The summed E-state index contributed by atoms with van der Waals surface area (Å²) in [7, 11) is -2.28. The molecule has 0 saturated carbocycles. The van der Waals surface area contributed by atoms with E-state index in [2.05, 4.69) is 9.64 Å². The minimum absolute atomic E-state index is 0.0794. The van der Waals surface area contributed by atoms with Gasteiger partial charge in [-0.15, -0.1) is 24.8 Å². The smallest absolute Gasteiger partial charge is 0.406 e. The van der Waals surface area contributed by atoms with Gasteiger partial charge in [0.05, 0.1) is 35.6 Å². The van der Waals surface area contributed by atoms with Crippen molar-refractivity contribution in [1.82, 2.24) is 19.8 Å². The molecule has 1 amide bonds. The topological polar surface area (TPSA) is 82.6 Å². The van der Waals surface area contributed by atoms with Crippen LogP contribution in [-0.4, -0.2) is 117 Å². The molecule has 1 aromatic rings. The summed E-state index contributed by atoms with van der Waals surface area (Å²) in [5.74, 6) is -0.814. The Labute approximate surface area is 224 Å². The number of hydrogen-bond acceptors (Lipinski definition) is 8. The fourth-order valence-corrected chi connectivity index (χ4v) is 7.82. The number of sulfone groups is 1. The van der Waals surface area contributed by atoms with Crippen LogP contribution in [0.15, 0.2) is 28.7 Å². The Morgan fingerprint density at radius 1 is 1.21 bits per heavy atom. The maximum Gasteiger partial charge on any atom is 0.573 e. The third-order valence-corrected chi connectivity index (χ3v) is 9.35. The highest BCUT2D eigenvalue weighted by molar-refractivity contribution is 7.91. The van der Waals surface area contributed by atoms with E-state index in [0.717, 1.165) is 31.5 Å². The number of likely N-dealkylation sites (tertiary alicyclic amines) is 1. The normalized spacial score (nSPS) is 26.3. The quantitative estimate of drug-likeness (QED) is 0.492. The second kappa shape index (κ2) is 10.5. The number of ether oxygens (including phenoxy) is 2. The van der Waals surface area contributed by atoms with Crippen LogP contribution >= 0.6 is 11.6 Å². The summed E-state index contributed by atoms with van der Waals surface area (Å²) >= 11 is 6.00. The summed E-state index contributed by atoms with van der Waals surface area (Å²) < 4.78 is 74.9. The van der Waals surface area contributed by atoms with Crippen molar-refractivity contribution in [3.63, 3.8) is 0 Å². The van der Waals surface area contributed by atoms with Crippen LogP contribution in [0, 0.1) is 0 Å². The van der Waals surface area contributed by atoms with Crippen molar-refractivity contribution in [3.05, 3.63) is 29.3 Å². The summed E-state index contributed by atoms with van der Waals surface area (Å²) in [5, 5.41) is 3.79. The predicted molar refractivity (Wildman–Crippen MR) is 133 cm³/mol. The molecule has 0 spiro atoms. The number of nitrogens with zero attached hydrogens (tertiary/aromatic N) is 4. The molecule has 0 aliphatic carbocycles. The van der Waals surface area contributed by atoms with Crippen LogP contribution in [0.4, 0.5) is 13.2 Å². The van der Waals surface area contributed by atoms with Gasteiger partial charge >= 0.3 is 6.36 Å².